The number of amides is 1. The zero-order valence-electron chi connectivity index (χ0n) is 17.5. The molecule has 1 N–H and O–H groups in total. The summed E-state index contributed by atoms with van der Waals surface area (Å²) in [6.45, 7) is 1.14. The van der Waals surface area contributed by atoms with Crippen LogP contribution in [0.2, 0.25) is 0 Å². The first kappa shape index (κ1) is 21.8. The molecule has 5 rings (SSSR count). The van der Waals surface area contributed by atoms with E-state index in [-0.39, 0.29) is 16.6 Å². The number of rotatable bonds is 6. The van der Waals surface area contributed by atoms with Crippen molar-refractivity contribution in [1.82, 2.24) is 14.3 Å². The summed E-state index contributed by atoms with van der Waals surface area (Å²) in [6.07, 6.45) is 7.76. The molecular formula is C22H24N4O3S3. The van der Waals surface area contributed by atoms with E-state index in [4.69, 9.17) is 0 Å². The van der Waals surface area contributed by atoms with E-state index in [9.17, 15) is 13.2 Å². The van der Waals surface area contributed by atoms with Crippen molar-refractivity contribution in [3.8, 4) is 0 Å². The van der Waals surface area contributed by atoms with Gasteiger partial charge in [-0.25, -0.2) is 18.4 Å². The van der Waals surface area contributed by atoms with E-state index in [0.29, 0.717) is 18.8 Å². The Labute approximate surface area is 195 Å². The minimum Gasteiger partial charge on any atom is -0.325 e. The first-order chi connectivity index (χ1) is 15.5. The van der Waals surface area contributed by atoms with Gasteiger partial charge in [0.2, 0.25) is 15.9 Å². The van der Waals surface area contributed by atoms with Gasteiger partial charge in [0.1, 0.15) is 16.2 Å². The molecule has 1 saturated heterocycles. The molecule has 1 aliphatic carbocycles. The summed E-state index contributed by atoms with van der Waals surface area (Å²) >= 11 is 3.15. The molecule has 1 aromatic carbocycles. The molecule has 0 saturated carbocycles. The van der Waals surface area contributed by atoms with E-state index in [1.54, 1.807) is 46.2 Å². The van der Waals surface area contributed by atoms with E-state index in [0.717, 1.165) is 47.3 Å². The van der Waals surface area contributed by atoms with Gasteiger partial charge >= 0.3 is 0 Å². The summed E-state index contributed by atoms with van der Waals surface area (Å²) in [4.78, 5) is 24.0. The Kier molecular flexibility index (Phi) is 6.20. The molecule has 1 fully saturated rings. The number of aromatic nitrogens is 2. The SMILES string of the molecule is O=C(CSc1ncnc2sc3c(c12)CCC3)Nc1ccc(S(=O)(=O)N2CCCCC2)cc1. The van der Waals surface area contributed by atoms with Gasteiger partial charge in [0.05, 0.1) is 10.6 Å². The number of carbonyl (C=O) groups excluding carboxylic acids is 1. The lowest BCUT2D eigenvalue weighted by atomic mass is 10.2. The van der Waals surface area contributed by atoms with Gasteiger partial charge in [0.15, 0.2) is 0 Å². The second-order valence-electron chi connectivity index (χ2n) is 8.04. The standard InChI is InChI=1S/C22H24N4O3S3/c27-19(13-30-21-20-17-5-4-6-18(17)31-22(20)24-14-23-21)25-15-7-9-16(10-8-15)32(28,29)26-11-2-1-3-12-26/h7-10,14H,1-6,11-13H2,(H,25,27). The average Bonchev–Trinajstić information content (AvgIpc) is 3.40. The summed E-state index contributed by atoms with van der Waals surface area (Å²) in [5.41, 5.74) is 1.93. The first-order valence-corrected chi connectivity index (χ1v) is 14.0. The third kappa shape index (κ3) is 4.28. The summed E-state index contributed by atoms with van der Waals surface area (Å²) in [5, 5.41) is 4.82. The summed E-state index contributed by atoms with van der Waals surface area (Å²) < 4.78 is 27.1. The number of thiophene rings is 1. The number of benzene rings is 1. The summed E-state index contributed by atoms with van der Waals surface area (Å²) in [6, 6.07) is 6.42. The van der Waals surface area contributed by atoms with Crippen LogP contribution in [0.3, 0.4) is 0 Å². The Morgan fingerprint density at radius 3 is 2.62 bits per heavy atom. The lowest BCUT2D eigenvalue weighted by Crippen LogP contribution is -2.35. The molecule has 10 heteroatoms. The maximum atomic E-state index is 12.8. The Morgan fingerprint density at radius 1 is 1.06 bits per heavy atom. The molecule has 3 aromatic rings. The largest absolute Gasteiger partial charge is 0.325 e. The maximum absolute atomic E-state index is 12.8. The molecule has 0 atom stereocenters. The van der Waals surface area contributed by atoms with E-state index in [1.807, 2.05) is 0 Å². The van der Waals surface area contributed by atoms with Crippen molar-refractivity contribution in [2.45, 2.75) is 48.4 Å². The second-order valence-corrected chi connectivity index (χ2v) is 12.0. The van der Waals surface area contributed by atoms with E-state index in [1.165, 1.54) is 28.6 Å². The third-order valence-electron chi connectivity index (χ3n) is 5.90. The molecule has 1 amide bonds. The molecule has 0 bridgehead atoms. The highest BCUT2D eigenvalue weighted by Crippen LogP contribution is 2.40. The quantitative estimate of drug-likeness (QED) is 0.415. The molecule has 7 nitrogen and oxygen atoms in total. The highest BCUT2D eigenvalue weighted by Gasteiger charge is 2.26. The predicted octanol–water partition coefficient (Wildman–Crippen LogP) is 4.09. The fraction of sp³-hybridized carbons (Fsp3) is 0.409. The third-order valence-corrected chi connectivity index (χ3v) is 10.00. The zero-order chi connectivity index (χ0) is 22.1. The maximum Gasteiger partial charge on any atom is 0.243 e. The van der Waals surface area contributed by atoms with E-state index in [2.05, 4.69) is 15.3 Å². The minimum atomic E-state index is -3.47. The van der Waals surface area contributed by atoms with Crippen LogP contribution in [0, 0.1) is 0 Å². The summed E-state index contributed by atoms with van der Waals surface area (Å²) in [7, 11) is -3.47. The molecular weight excluding hydrogens is 464 g/mol. The van der Waals surface area contributed by atoms with Gasteiger partial charge in [-0.15, -0.1) is 11.3 Å². The van der Waals surface area contributed by atoms with Gasteiger partial charge in [-0.05, 0) is 61.9 Å². The van der Waals surface area contributed by atoms with Crippen LogP contribution in [-0.2, 0) is 27.7 Å². The Balaban J connectivity index is 1.23. The van der Waals surface area contributed by atoms with Crippen molar-refractivity contribution >= 4 is 54.9 Å². The van der Waals surface area contributed by atoms with Crippen LogP contribution in [0.5, 0.6) is 0 Å². The zero-order valence-corrected chi connectivity index (χ0v) is 20.0. The molecule has 32 heavy (non-hydrogen) atoms. The van der Waals surface area contributed by atoms with Crippen LogP contribution in [0.4, 0.5) is 5.69 Å². The number of nitrogens with zero attached hydrogens (tertiary/aromatic N) is 3. The lowest BCUT2D eigenvalue weighted by molar-refractivity contribution is -0.113. The van der Waals surface area contributed by atoms with Crippen molar-refractivity contribution in [3.63, 3.8) is 0 Å². The Hall–Kier alpha value is -2.01. The number of hydrogen-bond acceptors (Lipinski definition) is 7. The highest BCUT2D eigenvalue weighted by molar-refractivity contribution is 8.00. The topological polar surface area (TPSA) is 92.3 Å². The van der Waals surface area contributed by atoms with Gasteiger partial charge in [-0.2, -0.15) is 4.31 Å². The summed E-state index contributed by atoms with van der Waals surface area (Å²) in [5.74, 6) is 0.0742. The number of aryl methyl sites for hydroxylation is 2. The fourth-order valence-electron chi connectivity index (χ4n) is 4.30. The van der Waals surface area contributed by atoms with Crippen molar-refractivity contribution < 1.29 is 13.2 Å². The minimum absolute atomic E-state index is 0.153. The Morgan fingerprint density at radius 2 is 1.84 bits per heavy atom. The molecule has 2 aliphatic rings. The van der Waals surface area contributed by atoms with Gasteiger partial charge < -0.3 is 5.32 Å². The fourth-order valence-corrected chi connectivity index (χ4v) is 7.94. The van der Waals surface area contributed by atoms with Gasteiger partial charge in [0.25, 0.3) is 0 Å². The monoisotopic (exact) mass is 488 g/mol. The number of piperidine rings is 1. The average molecular weight is 489 g/mol. The number of anilines is 1. The second kappa shape index (κ2) is 9.09. The molecule has 3 heterocycles. The Bertz CT molecular complexity index is 1250. The number of fused-ring (bicyclic) bond motifs is 3. The van der Waals surface area contributed by atoms with E-state index < -0.39 is 10.0 Å². The molecule has 168 valence electrons. The molecule has 0 unspecified atom stereocenters. The van der Waals surface area contributed by atoms with Crippen LogP contribution in [0.25, 0.3) is 10.2 Å². The number of thioether (sulfide) groups is 1. The van der Waals surface area contributed by atoms with Crippen molar-refractivity contribution in [2.24, 2.45) is 0 Å². The van der Waals surface area contributed by atoms with Crippen LogP contribution < -0.4 is 5.32 Å². The normalized spacial score (nSPS) is 16.9. The first-order valence-electron chi connectivity index (χ1n) is 10.8. The van der Waals surface area contributed by atoms with Crippen molar-refractivity contribution in [3.05, 3.63) is 41.0 Å². The van der Waals surface area contributed by atoms with Gasteiger partial charge in [0, 0.05) is 29.0 Å². The van der Waals surface area contributed by atoms with Crippen molar-refractivity contribution in [2.75, 3.05) is 24.2 Å². The number of nitrogens with one attached hydrogen (secondary N) is 1. The predicted molar refractivity (Wildman–Crippen MR) is 128 cm³/mol. The highest BCUT2D eigenvalue weighted by atomic mass is 32.2. The smallest absolute Gasteiger partial charge is 0.243 e. The van der Waals surface area contributed by atoms with Gasteiger partial charge in [-0.3, -0.25) is 4.79 Å². The number of hydrogen-bond donors (Lipinski definition) is 1. The molecule has 0 radical (unpaired) electrons. The number of sulfonamides is 1. The lowest BCUT2D eigenvalue weighted by Gasteiger charge is -2.25. The van der Waals surface area contributed by atoms with Crippen LogP contribution in [0.1, 0.15) is 36.1 Å². The van der Waals surface area contributed by atoms with E-state index >= 15 is 0 Å². The van der Waals surface area contributed by atoms with Crippen molar-refractivity contribution in [1.29, 1.82) is 0 Å². The van der Waals surface area contributed by atoms with Gasteiger partial charge in [-0.1, -0.05) is 18.2 Å². The molecule has 0 spiro atoms. The van der Waals surface area contributed by atoms with Crippen LogP contribution in [0.15, 0.2) is 40.5 Å². The molecule has 2 aromatic heterocycles. The van der Waals surface area contributed by atoms with Crippen LogP contribution >= 0.6 is 23.1 Å². The molecule has 1 aliphatic heterocycles. The van der Waals surface area contributed by atoms with Crippen LogP contribution in [-0.4, -0.2) is 47.4 Å². The number of carbonyl (C=O) groups is 1.